The number of hydrogen-bond donors (Lipinski definition) is 0. The Bertz CT molecular complexity index is 443. The fraction of sp³-hybridized carbons (Fsp3) is 0.385. The van der Waals surface area contributed by atoms with E-state index >= 15 is 0 Å². The van der Waals surface area contributed by atoms with Gasteiger partial charge in [-0.15, -0.1) is 0 Å². The normalized spacial score (nSPS) is 15.9. The minimum atomic E-state index is 0.493. The Hall–Kier alpha value is -1.80. The van der Waals surface area contributed by atoms with Crippen molar-refractivity contribution in [3.05, 3.63) is 34.9 Å². The SMILES string of the molecule is N#Cc1cccc(C2CCCC2)c1C#N. The van der Waals surface area contributed by atoms with Gasteiger partial charge in [-0.1, -0.05) is 25.0 Å². The summed E-state index contributed by atoms with van der Waals surface area (Å²) in [6.45, 7) is 0. The highest BCUT2D eigenvalue weighted by Gasteiger charge is 2.21. The van der Waals surface area contributed by atoms with E-state index in [0.717, 1.165) is 18.4 Å². The van der Waals surface area contributed by atoms with E-state index in [1.165, 1.54) is 12.8 Å². The summed E-state index contributed by atoms with van der Waals surface area (Å²) in [5.74, 6) is 0.493. The second-order valence-corrected chi connectivity index (χ2v) is 3.97. The van der Waals surface area contributed by atoms with Gasteiger partial charge in [0.25, 0.3) is 0 Å². The second-order valence-electron chi connectivity index (χ2n) is 3.97. The smallest absolute Gasteiger partial charge is 0.101 e. The molecular weight excluding hydrogens is 184 g/mol. The van der Waals surface area contributed by atoms with Crippen molar-refractivity contribution in [1.82, 2.24) is 0 Å². The Morgan fingerprint density at radius 2 is 1.80 bits per heavy atom. The molecule has 0 bridgehead atoms. The van der Waals surface area contributed by atoms with Crippen LogP contribution < -0.4 is 0 Å². The van der Waals surface area contributed by atoms with E-state index in [1.54, 1.807) is 6.07 Å². The van der Waals surface area contributed by atoms with Gasteiger partial charge >= 0.3 is 0 Å². The first-order valence-electron chi connectivity index (χ1n) is 5.30. The molecule has 0 amide bonds. The predicted octanol–water partition coefficient (Wildman–Crippen LogP) is 3.09. The number of nitrogens with zero attached hydrogens (tertiary/aromatic N) is 2. The lowest BCUT2D eigenvalue weighted by atomic mass is 9.91. The summed E-state index contributed by atoms with van der Waals surface area (Å²) < 4.78 is 0. The molecule has 15 heavy (non-hydrogen) atoms. The maximum absolute atomic E-state index is 9.09. The maximum Gasteiger partial charge on any atom is 0.101 e. The molecule has 2 heteroatoms. The molecule has 1 aromatic rings. The molecule has 0 aliphatic heterocycles. The lowest BCUT2D eigenvalue weighted by Gasteiger charge is -2.11. The van der Waals surface area contributed by atoms with Gasteiger partial charge in [0.15, 0.2) is 0 Å². The molecule has 1 aliphatic rings. The van der Waals surface area contributed by atoms with E-state index in [0.29, 0.717) is 17.0 Å². The summed E-state index contributed by atoms with van der Waals surface area (Å²) in [5, 5.41) is 18.0. The van der Waals surface area contributed by atoms with Crippen LogP contribution in [0.15, 0.2) is 18.2 Å². The molecule has 0 N–H and O–H groups in total. The predicted molar refractivity (Wildman–Crippen MR) is 57.1 cm³/mol. The molecule has 0 atom stereocenters. The quantitative estimate of drug-likeness (QED) is 0.692. The number of rotatable bonds is 1. The van der Waals surface area contributed by atoms with E-state index in [1.807, 2.05) is 12.1 Å². The molecule has 0 unspecified atom stereocenters. The van der Waals surface area contributed by atoms with Crippen LogP contribution in [0, 0.1) is 22.7 Å². The largest absolute Gasteiger partial charge is 0.192 e. The van der Waals surface area contributed by atoms with Gasteiger partial charge in [0, 0.05) is 0 Å². The van der Waals surface area contributed by atoms with Crippen LogP contribution in [0.2, 0.25) is 0 Å². The van der Waals surface area contributed by atoms with Gasteiger partial charge in [-0.05, 0) is 30.4 Å². The van der Waals surface area contributed by atoms with Crippen LogP contribution >= 0.6 is 0 Å². The summed E-state index contributed by atoms with van der Waals surface area (Å²) in [7, 11) is 0. The van der Waals surface area contributed by atoms with Gasteiger partial charge in [0.1, 0.15) is 12.1 Å². The van der Waals surface area contributed by atoms with Crippen molar-refractivity contribution in [3.63, 3.8) is 0 Å². The molecule has 0 spiro atoms. The third-order valence-electron chi connectivity index (χ3n) is 3.12. The highest BCUT2D eigenvalue weighted by Crippen LogP contribution is 2.36. The van der Waals surface area contributed by atoms with Crippen LogP contribution in [0.5, 0.6) is 0 Å². The van der Waals surface area contributed by atoms with Gasteiger partial charge in [-0.2, -0.15) is 10.5 Å². The fourth-order valence-electron chi connectivity index (χ4n) is 2.37. The second kappa shape index (κ2) is 4.15. The van der Waals surface area contributed by atoms with E-state index in [2.05, 4.69) is 12.1 Å². The molecule has 2 rings (SSSR count). The molecule has 1 aliphatic carbocycles. The average molecular weight is 196 g/mol. The van der Waals surface area contributed by atoms with Crippen molar-refractivity contribution in [2.45, 2.75) is 31.6 Å². The highest BCUT2D eigenvalue weighted by atomic mass is 14.3. The van der Waals surface area contributed by atoms with Gasteiger partial charge in [-0.25, -0.2) is 0 Å². The van der Waals surface area contributed by atoms with Crippen molar-refractivity contribution in [2.75, 3.05) is 0 Å². The molecule has 1 fully saturated rings. The summed E-state index contributed by atoms with van der Waals surface area (Å²) in [4.78, 5) is 0. The van der Waals surface area contributed by atoms with Crippen molar-refractivity contribution in [1.29, 1.82) is 10.5 Å². The minimum absolute atomic E-state index is 0.493. The first-order chi connectivity index (χ1) is 7.36. The van der Waals surface area contributed by atoms with Crippen LogP contribution in [0.4, 0.5) is 0 Å². The highest BCUT2D eigenvalue weighted by molar-refractivity contribution is 5.51. The number of hydrogen-bond acceptors (Lipinski definition) is 2. The lowest BCUT2D eigenvalue weighted by molar-refractivity contribution is 0.721. The molecule has 1 saturated carbocycles. The Balaban J connectivity index is 2.47. The zero-order chi connectivity index (χ0) is 10.7. The Morgan fingerprint density at radius 3 is 2.40 bits per heavy atom. The molecule has 2 nitrogen and oxygen atoms in total. The summed E-state index contributed by atoms with van der Waals surface area (Å²) >= 11 is 0. The van der Waals surface area contributed by atoms with Crippen LogP contribution in [0.1, 0.15) is 48.3 Å². The van der Waals surface area contributed by atoms with Gasteiger partial charge in [-0.3, -0.25) is 0 Å². The molecule has 0 radical (unpaired) electrons. The molecule has 74 valence electrons. The third kappa shape index (κ3) is 1.72. The van der Waals surface area contributed by atoms with Crippen LogP contribution in [0.3, 0.4) is 0 Å². The first kappa shape index (κ1) is 9.74. The van der Waals surface area contributed by atoms with E-state index in [4.69, 9.17) is 10.5 Å². The maximum atomic E-state index is 9.09. The minimum Gasteiger partial charge on any atom is -0.192 e. The van der Waals surface area contributed by atoms with E-state index < -0.39 is 0 Å². The standard InChI is InChI=1S/C13H12N2/c14-8-11-6-3-7-12(13(11)9-15)10-4-1-2-5-10/h3,6-7,10H,1-2,4-5H2. The van der Waals surface area contributed by atoms with Gasteiger partial charge in [0.05, 0.1) is 11.1 Å². The first-order valence-corrected chi connectivity index (χ1v) is 5.30. The van der Waals surface area contributed by atoms with Crippen molar-refractivity contribution in [3.8, 4) is 12.1 Å². The lowest BCUT2D eigenvalue weighted by Crippen LogP contribution is -1.98. The van der Waals surface area contributed by atoms with Gasteiger partial charge < -0.3 is 0 Å². The monoisotopic (exact) mass is 196 g/mol. The number of nitriles is 2. The van der Waals surface area contributed by atoms with Crippen LogP contribution in [-0.4, -0.2) is 0 Å². The Morgan fingerprint density at radius 1 is 1.07 bits per heavy atom. The fourth-order valence-corrected chi connectivity index (χ4v) is 2.37. The molecule has 0 aromatic heterocycles. The number of benzene rings is 1. The summed E-state index contributed by atoms with van der Waals surface area (Å²) in [6, 6.07) is 9.85. The molecular formula is C13H12N2. The summed E-state index contributed by atoms with van der Waals surface area (Å²) in [5.41, 5.74) is 2.18. The van der Waals surface area contributed by atoms with Crippen molar-refractivity contribution < 1.29 is 0 Å². The molecule has 0 heterocycles. The van der Waals surface area contributed by atoms with Crippen LogP contribution in [-0.2, 0) is 0 Å². The van der Waals surface area contributed by atoms with E-state index in [9.17, 15) is 0 Å². The molecule has 1 aromatic carbocycles. The van der Waals surface area contributed by atoms with Crippen LogP contribution in [0.25, 0.3) is 0 Å². The average Bonchev–Trinajstić information content (AvgIpc) is 2.81. The zero-order valence-electron chi connectivity index (χ0n) is 8.53. The third-order valence-corrected chi connectivity index (χ3v) is 3.12. The molecule has 0 saturated heterocycles. The van der Waals surface area contributed by atoms with Crippen molar-refractivity contribution >= 4 is 0 Å². The Labute approximate surface area is 89.8 Å². The topological polar surface area (TPSA) is 47.6 Å². The Kier molecular flexibility index (Phi) is 2.70. The zero-order valence-corrected chi connectivity index (χ0v) is 8.53. The summed E-state index contributed by atoms with van der Waals surface area (Å²) in [6.07, 6.45) is 4.80. The van der Waals surface area contributed by atoms with Crippen molar-refractivity contribution in [2.24, 2.45) is 0 Å². The van der Waals surface area contributed by atoms with E-state index in [-0.39, 0.29) is 0 Å². The van der Waals surface area contributed by atoms with Gasteiger partial charge in [0.2, 0.25) is 0 Å².